The topological polar surface area (TPSA) is 58.0 Å². The number of aromatic nitrogens is 2. The Morgan fingerprint density at radius 3 is 3.05 bits per heavy atom. The van der Waals surface area contributed by atoms with Crippen molar-refractivity contribution >= 4 is 11.3 Å². The highest BCUT2D eigenvalue weighted by atomic mass is 32.1. The molecule has 0 amide bonds. The fourth-order valence-corrected chi connectivity index (χ4v) is 2.56. The predicted molar refractivity (Wildman–Crippen MR) is 77.9 cm³/mol. The van der Waals surface area contributed by atoms with Crippen molar-refractivity contribution in [2.24, 2.45) is 5.92 Å². The van der Waals surface area contributed by atoms with Crippen molar-refractivity contribution in [2.45, 2.75) is 19.9 Å². The van der Waals surface area contributed by atoms with Crippen LogP contribution in [0.25, 0.3) is 10.7 Å². The smallest absolute Gasteiger partial charge is 0.142 e. The van der Waals surface area contributed by atoms with Gasteiger partial charge >= 0.3 is 0 Å². The van der Waals surface area contributed by atoms with Crippen molar-refractivity contribution in [1.29, 1.82) is 0 Å². The van der Waals surface area contributed by atoms with E-state index in [0.717, 1.165) is 35.9 Å². The zero-order chi connectivity index (χ0) is 13.5. The molecule has 5 heteroatoms. The molecule has 2 aromatic heterocycles. The maximum Gasteiger partial charge on any atom is 0.142 e. The van der Waals surface area contributed by atoms with Gasteiger partial charge in [-0.1, -0.05) is 13.0 Å². The average molecular weight is 277 g/mol. The summed E-state index contributed by atoms with van der Waals surface area (Å²) in [6.45, 7) is 4.04. The molecular formula is C14H19N3OS. The van der Waals surface area contributed by atoms with Crippen LogP contribution in [0.4, 0.5) is 0 Å². The normalized spacial score (nSPS) is 12.5. The Labute approximate surface area is 117 Å². The van der Waals surface area contributed by atoms with E-state index in [0.29, 0.717) is 5.92 Å². The molecule has 0 aliphatic carbocycles. The fraction of sp³-hybridized carbons (Fsp3) is 0.429. The molecular weight excluding hydrogens is 258 g/mol. The quantitative estimate of drug-likeness (QED) is 0.815. The highest BCUT2D eigenvalue weighted by Crippen LogP contribution is 2.21. The first kappa shape index (κ1) is 14.1. The molecule has 0 saturated carbocycles. The van der Waals surface area contributed by atoms with Crippen molar-refractivity contribution < 1.29 is 5.11 Å². The Morgan fingerprint density at radius 2 is 2.32 bits per heavy atom. The molecule has 2 N–H and O–H groups in total. The first-order chi connectivity index (χ1) is 9.29. The summed E-state index contributed by atoms with van der Waals surface area (Å²) in [6.07, 6.45) is 2.62. The second-order valence-electron chi connectivity index (χ2n) is 4.61. The highest BCUT2D eigenvalue weighted by Gasteiger charge is 2.06. The van der Waals surface area contributed by atoms with Crippen LogP contribution < -0.4 is 5.32 Å². The van der Waals surface area contributed by atoms with E-state index in [1.807, 2.05) is 18.2 Å². The molecule has 2 rings (SSSR count). The minimum Gasteiger partial charge on any atom is -0.396 e. The molecule has 1 atom stereocenters. The number of thiazole rings is 1. The van der Waals surface area contributed by atoms with Crippen molar-refractivity contribution in [3.8, 4) is 10.7 Å². The molecule has 0 aliphatic rings. The largest absolute Gasteiger partial charge is 0.396 e. The molecule has 0 spiro atoms. The van der Waals surface area contributed by atoms with Crippen LogP contribution in [0.5, 0.6) is 0 Å². The monoisotopic (exact) mass is 277 g/mol. The van der Waals surface area contributed by atoms with Gasteiger partial charge in [0.2, 0.25) is 0 Å². The van der Waals surface area contributed by atoms with Crippen LogP contribution in [0, 0.1) is 5.92 Å². The number of aliphatic hydroxyl groups is 1. The molecule has 2 aromatic rings. The van der Waals surface area contributed by atoms with Crippen LogP contribution >= 0.6 is 11.3 Å². The SMILES string of the molecule is CC(CCO)CNCc1csc(-c2ccccn2)n1. The third-order valence-corrected chi connectivity index (χ3v) is 3.77. The van der Waals surface area contributed by atoms with E-state index < -0.39 is 0 Å². The van der Waals surface area contributed by atoms with Crippen LogP contribution in [0.15, 0.2) is 29.8 Å². The van der Waals surface area contributed by atoms with Gasteiger partial charge in [-0.2, -0.15) is 0 Å². The van der Waals surface area contributed by atoms with E-state index in [4.69, 9.17) is 5.11 Å². The maximum atomic E-state index is 8.84. The summed E-state index contributed by atoms with van der Waals surface area (Å²) < 4.78 is 0. The maximum absolute atomic E-state index is 8.84. The Bertz CT molecular complexity index is 486. The van der Waals surface area contributed by atoms with Crippen molar-refractivity contribution in [2.75, 3.05) is 13.2 Å². The molecule has 0 aromatic carbocycles. The minimum absolute atomic E-state index is 0.253. The number of nitrogens with one attached hydrogen (secondary N) is 1. The number of nitrogens with zero attached hydrogens (tertiary/aromatic N) is 2. The first-order valence-corrected chi connectivity index (χ1v) is 7.35. The van der Waals surface area contributed by atoms with Gasteiger partial charge in [-0.05, 0) is 31.0 Å². The summed E-state index contributed by atoms with van der Waals surface area (Å²) in [5.74, 6) is 0.485. The molecule has 0 aliphatic heterocycles. The van der Waals surface area contributed by atoms with Gasteiger partial charge in [0, 0.05) is 24.7 Å². The van der Waals surface area contributed by atoms with Gasteiger partial charge in [0.1, 0.15) is 5.01 Å². The predicted octanol–water partition coefficient (Wildman–Crippen LogP) is 2.31. The fourth-order valence-electron chi connectivity index (χ4n) is 1.76. The average Bonchev–Trinajstić information content (AvgIpc) is 2.89. The second-order valence-corrected chi connectivity index (χ2v) is 5.47. The molecule has 2 heterocycles. The lowest BCUT2D eigenvalue weighted by Gasteiger charge is -2.09. The van der Waals surface area contributed by atoms with Gasteiger partial charge < -0.3 is 10.4 Å². The summed E-state index contributed by atoms with van der Waals surface area (Å²) in [5.41, 5.74) is 1.97. The van der Waals surface area contributed by atoms with E-state index >= 15 is 0 Å². The first-order valence-electron chi connectivity index (χ1n) is 6.47. The van der Waals surface area contributed by atoms with Gasteiger partial charge in [0.25, 0.3) is 0 Å². The van der Waals surface area contributed by atoms with E-state index in [2.05, 4.69) is 27.6 Å². The lowest BCUT2D eigenvalue weighted by molar-refractivity contribution is 0.260. The molecule has 19 heavy (non-hydrogen) atoms. The number of pyridine rings is 1. The Hall–Kier alpha value is -1.30. The van der Waals surface area contributed by atoms with E-state index in [-0.39, 0.29) is 6.61 Å². The minimum atomic E-state index is 0.253. The Balaban J connectivity index is 1.85. The summed E-state index contributed by atoms with van der Waals surface area (Å²) in [5, 5.41) is 15.2. The van der Waals surface area contributed by atoms with Gasteiger partial charge in [0.05, 0.1) is 11.4 Å². The van der Waals surface area contributed by atoms with Crippen LogP contribution in [0.2, 0.25) is 0 Å². The van der Waals surface area contributed by atoms with Crippen molar-refractivity contribution in [1.82, 2.24) is 15.3 Å². The zero-order valence-corrected chi connectivity index (χ0v) is 11.9. The lowest BCUT2D eigenvalue weighted by atomic mass is 10.1. The molecule has 0 radical (unpaired) electrons. The lowest BCUT2D eigenvalue weighted by Crippen LogP contribution is -2.21. The number of rotatable bonds is 7. The van der Waals surface area contributed by atoms with Gasteiger partial charge in [-0.15, -0.1) is 11.3 Å². The van der Waals surface area contributed by atoms with E-state index in [1.165, 1.54) is 0 Å². The second kappa shape index (κ2) is 7.33. The van der Waals surface area contributed by atoms with Crippen molar-refractivity contribution in [3.63, 3.8) is 0 Å². The van der Waals surface area contributed by atoms with E-state index in [1.54, 1.807) is 17.5 Å². The standard InChI is InChI=1S/C14H19N3OS/c1-11(5-7-18)8-15-9-12-10-19-14(17-12)13-4-2-3-6-16-13/h2-4,6,10-11,15,18H,5,7-9H2,1H3. The molecule has 102 valence electrons. The van der Waals surface area contributed by atoms with Crippen LogP contribution in [0.3, 0.4) is 0 Å². The summed E-state index contributed by atoms with van der Waals surface area (Å²) in [7, 11) is 0. The highest BCUT2D eigenvalue weighted by molar-refractivity contribution is 7.13. The zero-order valence-electron chi connectivity index (χ0n) is 11.0. The molecule has 0 bridgehead atoms. The van der Waals surface area contributed by atoms with E-state index in [9.17, 15) is 0 Å². The van der Waals surface area contributed by atoms with Crippen LogP contribution in [-0.2, 0) is 6.54 Å². The van der Waals surface area contributed by atoms with Gasteiger partial charge in [-0.25, -0.2) is 4.98 Å². The van der Waals surface area contributed by atoms with Gasteiger partial charge in [0.15, 0.2) is 0 Å². The van der Waals surface area contributed by atoms with Crippen molar-refractivity contribution in [3.05, 3.63) is 35.5 Å². The third kappa shape index (κ3) is 4.38. The summed E-state index contributed by atoms with van der Waals surface area (Å²) in [6, 6.07) is 5.85. The number of hydrogen-bond donors (Lipinski definition) is 2. The summed E-state index contributed by atoms with van der Waals surface area (Å²) >= 11 is 1.62. The Morgan fingerprint density at radius 1 is 1.42 bits per heavy atom. The van der Waals surface area contributed by atoms with Gasteiger partial charge in [-0.3, -0.25) is 4.98 Å². The molecule has 1 unspecified atom stereocenters. The third-order valence-electron chi connectivity index (χ3n) is 2.86. The number of hydrogen-bond acceptors (Lipinski definition) is 5. The molecule has 0 fully saturated rings. The number of aliphatic hydroxyl groups excluding tert-OH is 1. The Kier molecular flexibility index (Phi) is 5.44. The molecule has 4 nitrogen and oxygen atoms in total. The summed E-state index contributed by atoms with van der Waals surface area (Å²) in [4.78, 5) is 8.86. The molecule has 0 saturated heterocycles. The van der Waals surface area contributed by atoms with Crippen LogP contribution in [0.1, 0.15) is 19.0 Å². The van der Waals surface area contributed by atoms with Crippen LogP contribution in [-0.4, -0.2) is 28.2 Å².